The van der Waals surface area contributed by atoms with Gasteiger partial charge in [-0.25, -0.2) is 0 Å². The molecule has 11 heteroatoms. The van der Waals surface area contributed by atoms with Crippen LogP contribution in [-0.4, -0.2) is 102 Å². The van der Waals surface area contributed by atoms with Crippen molar-refractivity contribution in [3.63, 3.8) is 0 Å². The Morgan fingerprint density at radius 1 is 1.00 bits per heavy atom. The first kappa shape index (κ1) is 34.8. The first-order chi connectivity index (χ1) is 22.9. The van der Waals surface area contributed by atoms with Crippen molar-refractivity contribution in [2.24, 2.45) is 11.8 Å². The number of unbranched alkanes of at least 4 members (excludes halogenated alkanes) is 4. The third kappa shape index (κ3) is 7.32. The first-order valence-corrected chi connectivity index (χ1v) is 17.1. The standard InChI is InChI=1S/C36H49N3O8/c1-3-4-20-38-21-12-8-11-17-28(41)37-26(24-45-2)31(25-15-9-7-10-16-25)46-35(44)29-27-18-19-36(47-27)30(29)33(42)39(32(36)34(38)43)22-13-5-6-14-23-40/h7-10,12,15-16,18-19,26-27,29-32,40H,3-6,11,13-14,17,20-24H2,1-2H3,(H,37,41)/b12-8-/t26-,27+,29-,30-,31-,32+,36-/m0/s1. The van der Waals surface area contributed by atoms with Crippen LogP contribution >= 0.6 is 0 Å². The first-order valence-electron chi connectivity index (χ1n) is 17.1. The highest BCUT2D eigenvalue weighted by molar-refractivity contribution is 5.99. The molecule has 2 N–H and O–H groups in total. The number of ether oxygens (including phenoxy) is 3. The molecule has 11 nitrogen and oxygen atoms in total. The van der Waals surface area contributed by atoms with Crippen LogP contribution in [0.15, 0.2) is 54.6 Å². The van der Waals surface area contributed by atoms with Gasteiger partial charge in [-0.3, -0.25) is 19.2 Å². The molecule has 1 spiro atoms. The van der Waals surface area contributed by atoms with E-state index < -0.39 is 47.7 Å². The van der Waals surface area contributed by atoms with E-state index in [4.69, 9.17) is 14.2 Å². The van der Waals surface area contributed by atoms with Crippen molar-refractivity contribution in [3.05, 3.63) is 60.2 Å². The van der Waals surface area contributed by atoms with Crippen LogP contribution in [-0.2, 0) is 33.4 Å². The van der Waals surface area contributed by atoms with Gasteiger partial charge in [-0.15, -0.1) is 0 Å². The van der Waals surface area contributed by atoms with Crippen LogP contribution in [0.4, 0.5) is 0 Å². The summed E-state index contributed by atoms with van der Waals surface area (Å²) in [6.45, 7) is 3.44. The van der Waals surface area contributed by atoms with Crippen LogP contribution in [0.3, 0.4) is 0 Å². The number of hydrogen-bond acceptors (Lipinski definition) is 8. The number of nitrogens with one attached hydrogen (secondary N) is 1. The number of aliphatic hydroxyl groups is 1. The average molecular weight is 652 g/mol. The molecule has 4 aliphatic heterocycles. The number of cyclic esters (lactones) is 1. The van der Waals surface area contributed by atoms with E-state index in [9.17, 15) is 24.3 Å². The SMILES string of the molecule is CCCCN1C/C=C\CCC(=O)N[C@@H](COC)[C@H](c2ccccc2)OC(=O)[C@@H]2[C@H]3C(=O)N(CCCCCCO)[C@H](C1=O)[C@]31C=C[C@H]2O1. The number of likely N-dealkylation sites (tertiary alicyclic amines) is 1. The zero-order valence-electron chi connectivity index (χ0n) is 27.6. The number of methoxy groups -OCH3 is 1. The van der Waals surface area contributed by atoms with Gasteiger partial charge in [-0.1, -0.05) is 80.8 Å². The number of fused-ring (bicyclic) bond motifs is 2. The lowest BCUT2D eigenvalue weighted by molar-refractivity contribution is -0.162. The van der Waals surface area contributed by atoms with Gasteiger partial charge in [0.25, 0.3) is 0 Å². The number of carbonyl (C=O) groups is 4. The molecule has 7 atom stereocenters. The summed E-state index contributed by atoms with van der Waals surface area (Å²) in [4.78, 5) is 59.8. The fourth-order valence-corrected chi connectivity index (χ4v) is 7.44. The molecular formula is C36H49N3O8. The van der Waals surface area contributed by atoms with E-state index in [0.29, 0.717) is 44.5 Å². The lowest BCUT2D eigenvalue weighted by Gasteiger charge is -2.36. The highest BCUT2D eigenvalue weighted by atomic mass is 16.6. The lowest BCUT2D eigenvalue weighted by atomic mass is 9.74. The third-order valence-corrected chi connectivity index (χ3v) is 9.74. The second-order valence-electron chi connectivity index (χ2n) is 12.9. The van der Waals surface area contributed by atoms with Gasteiger partial charge in [0.15, 0.2) is 0 Å². The number of allylic oxidation sites excluding steroid dienone is 1. The van der Waals surface area contributed by atoms with Crippen LogP contribution in [0.5, 0.6) is 0 Å². The molecule has 256 valence electrons. The molecule has 0 unspecified atom stereocenters. The number of nitrogens with zero attached hydrogens (tertiary/aromatic N) is 2. The van der Waals surface area contributed by atoms with Crippen LogP contribution < -0.4 is 5.32 Å². The summed E-state index contributed by atoms with van der Waals surface area (Å²) < 4.78 is 18.3. The average Bonchev–Trinajstić information content (AvgIpc) is 3.71. The van der Waals surface area contributed by atoms with Crippen molar-refractivity contribution in [1.82, 2.24) is 15.1 Å². The summed E-state index contributed by atoms with van der Waals surface area (Å²) in [6, 6.07) is 7.57. The van der Waals surface area contributed by atoms with Gasteiger partial charge in [0.2, 0.25) is 17.7 Å². The van der Waals surface area contributed by atoms with Crippen LogP contribution in [0.2, 0.25) is 0 Å². The van der Waals surface area contributed by atoms with Crippen molar-refractivity contribution < 1.29 is 38.5 Å². The molecule has 4 aliphatic rings. The van der Waals surface area contributed by atoms with Gasteiger partial charge in [-0.2, -0.15) is 0 Å². The van der Waals surface area contributed by atoms with Gasteiger partial charge in [0, 0.05) is 39.8 Å². The molecule has 47 heavy (non-hydrogen) atoms. The summed E-state index contributed by atoms with van der Waals surface area (Å²) in [5.41, 5.74) is -0.616. The smallest absolute Gasteiger partial charge is 0.313 e. The van der Waals surface area contributed by atoms with E-state index >= 15 is 0 Å². The molecule has 1 aromatic carbocycles. The molecule has 0 aliphatic carbocycles. The minimum atomic E-state index is -1.29. The van der Waals surface area contributed by atoms with E-state index in [0.717, 1.165) is 25.7 Å². The molecule has 0 radical (unpaired) electrons. The van der Waals surface area contributed by atoms with E-state index in [1.54, 1.807) is 15.9 Å². The van der Waals surface area contributed by atoms with Gasteiger partial charge < -0.3 is 34.4 Å². The van der Waals surface area contributed by atoms with Crippen LogP contribution in [0.1, 0.15) is 70.0 Å². The van der Waals surface area contributed by atoms with E-state index in [2.05, 4.69) is 12.2 Å². The Kier molecular flexibility index (Phi) is 11.9. The molecule has 0 aromatic heterocycles. The molecular weight excluding hydrogens is 602 g/mol. The number of esters is 1. The topological polar surface area (TPSA) is 135 Å². The molecule has 3 amide bonds. The second-order valence-corrected chi connectivity index (χ2v) is 12.9. The fraction of sp³-hybridized carbons (Fsp3) is 0.611. The Morgan fingerprint density at radius 3 is 2.53 bits per heavy atom. The highest BCUT2D eigenvalue weighted by Crippen LogP contribution is 2.56. The summed E-state index contributed by atoms with van der Waals surface area (Å²) in [5.74, 6) is -3.23. The van der Waals surface area contributed by atoms with Gasteiger partial charge in [-0.05, 0) is 31.2 Å². The minimum Gasteiger partial charge on any atom is -0.455 e. The Balaban J connectivity index is 1.54. The Bertz CT molecular complexity index is 1320. The maximum Gasteiger partial charge on any atom is 0.313 e. The van der Waals surface area contributed by atoms with Gasteiger partial charge in [0.1, 0.15) is 23.7 Å². The van der Waals surface area contributed by atoms with Crippen molar-refractivity contribution in [2.75, 3.05) is 40.0 Å². The van der Waals surface area contributed by atoms with E-state index in [1.807, 2.05) is 48.6 Å². The minimum absolute atomic E-state index is 0.0955. The van der Waals surface area contributed by atoms with E-state index in [-0.39, 0.29) is 37.4 Å². The molecule has 1 aromatic rings. The maximum absolute atomic E-state index is 14.6. The Hall–Kier alpha value is -3.54. The predicted octanol–water partition coefficient (Wildman–Crippen LogP) is 3.08. The maximum atomic E-state index is 14.6. The van der Waals surface area contributed by atoms with Crippen LogP contribution in [0.25, 0.3) is 0 Å². The molecule has 0 saturated carbocycles. The van der Waals surface area contributed by atoms with Crippen molar-refractivity contribution >= 4 is 23.7 Å². The van der Waals surface area contributed by atoms with Gasteiger partial charge in [0.05, 0.1) is 24.7 Å². The quantitative estimate of drug-likeness (QED) is 0.200. The number of hydrogen-bond donors (Lipinski definition) is 2. The fourth-order valence-electron chi connectivity index (χ4n) is 7.44. The number of carbonyl (C=O) groups excluding carboxylic acids is 4. The Morgan fingerprint density at radius 2 is 1.79 bits per heavy atom. The monoisotopic (exact) mass is 651 g/mol. The molecule has 5 bridgehead atoms. The number of benzene rings is 1. The predicted molar refractivity (Wildman–Crippen MR) is 174 cm³/mol. The molecule has 5 rings (SSSR count). The summed E-state index contributed by atoms with van der Waals surface area (Å²) >= 11 is 0. The number of rotatable bonds is 12. The largest absolute Gasteiger partial charge is 0.455 e. The summed E-state index contributed by atoms with van der Waals surface area (Å²) in [6.07, 6.45) is 11.1. The molecule has 2 saturated heterocycles. The van der Waals surface area contributed by atoms with E-state index in [1.165, 1.54) is 7.11 Å². The zero-order valence-corrected chi connectivity index (χ0v) is 27.6. The van der Waals surface area contributed by atoms with Crippen molar-refractivity contribution in [3.8, 4) is 0 Å². The van der Waals surface area contributed by atoms with Crippen molar-refractivity contribution in [2.45, 2.75) is 88.2 Å². The van der Waals surface area contributed by atoms with Crippen molar-refractivity contribution in [1.29, 1.82) is 0 Å². The normalized spacial score (nSPS) is 31.6. The lowest BCUT2D eigenvalue weighted by Crippen LogP contribution is -2.56. The summed E-state index contributed by atoms with van der Waals surface area (Å²) in [5, 5.41) is 12.2. The highest BCUT2D eigenvalue weighted by Gasteiger charge is 2.73. The number of amides is 3. The summed E-state index contributed by atoms with van der Waals surface area (Å²) in [7, 11) is 1.52. The zero-order chi connectivity index (χ0) is 33.4. The molecule has 2 fully saturated rings. The Labute approximate surface area is 277 Å². The molecule has 4 heterocycles. The third-order valence-electron chi connectivity index (χ3n) is 9.74. The number of aliphatic hydroxyl groups excluding tert-OH is 1. The van der Waals surface area contributed by atoms with Crippen LogP contribution in [0, 0.1) is 11.8 Å². The van der Waals surface area contributed by atoms with Gasteiger partial charge >= 0.3 is 5.97 Å². The second kappa shape index (κ2) is 16.0.